The van der Waals surface area contributed by atoms with Crippen LogP contribution in [0.2, 0.25) is 0 Å². The molecule has 4 heteroatoms. The minimum absolute atomic E-state index is 0.534. The van der Waals surface area contributed by atoms with Gasteiger partial charge in [-0.2, -0.15) is 0 Å². The minimum Gasteiger partial charge on any atom is -0.496 e. The van der Waals surface area contributed by atoms with E-state index in [1.807, 2.05) is 30.0 Å². The van der Waals surface area contributed by atoms with Crippen LogP contribution in [0.4, 0.5) is 5.69 Å². The van der Waals surface area contributed by atoms with Gasteiger partial charge in [-0.1, -0.05) is 0 Å². The third kappa shape index (κ3) is 2.83. The van der Waals surface area contributed by atoms with Crippen molar-refractivity contribution in [3.8, 4) is 5.75 Å². The van der Waals surface area contributed by atoms with Gasteiger partial charge >= 0.3 is 0 Å². The Hall–Kier alpha value is -0.870. The number of hydrogen-bond acceptors (Lipinski definition) is 4. The number of benzene rings is 1. The SMILES string of the molecule is COc1cc(N)ccc1SC1CCCOC1. The van der Waals surface area contributed by atoms with Crippen molar-refractivity contribution in [2.45, 2.75) is 23.0 Å². The largest absolute Gasteiger partial charge is 0.496 e. The van der Waals surface area contributed by atoms with Crippen molar-refractivity contribution in [3.63, 3.8) is 0 Å². The predicted octanol–water partition coefficient (Wildman–Crippen LogP) is 2.55. The molecule has 2 N–H and O–H groups in total. The molecule has 0 radical (unpaired) electrons. The van der Waals surface area contributed by atoms with E-state index in [1.54, 1.807) is 7.11 Å². The number of hydrogen-bond donors (Lipinski definition) is 1. The molecule has 1 unspecified atom stereocenters. The fraction of sp³-hybridized carbons (Fsp3) is 0.500. The summed E-state index contributed by atoms with van der Waals surface area (Å²) in [5.74, 6) is 0.857. The standard InChI is InChI=1S/C12H17NO2S/c1-14-11-7-9(13)4-5-12(11)16-10-3-2-6-15-8-10/h4-5,7,10H,2-3,6,8,13H2,1H3. The number of rotatable bonds is 3. The molecular weight excluding hydrogens is 222 g/mol. The van der Waals surface area contributed by atoms with Gasteiger partial charge in [-0.25, -0.2) is 0 Å². The number of methoxy groups -OCH3 is 1. The first kappa shape index (κ1) is 11.6. The second kappa shape index (κ2) is 5.46. The Bertz CT molecular complexity index is 351. The molecule has 1 fully saturated rings. The molecule has 0 amide bonds. The van der Waals surface area contributed by atoms with Gasteiger partial charge in [-0.3, -0.25) is 0 Å². The first-order valence-electron chi connectivity index (χ1n) is 5.47. The summed E-state index contributed by atoms with van der Waals surface area (Å²) >= 11 is 1.82. The summed E-state index contributed by atoms with van der Waals surface area (Å²) in [4.78, 5) is 1.15. The Morgan fingerprint density at radius 1 is 1.50 bits per heavy atom. The van der Waals surface area contributed by atoms with Crippen molar-refractivity contribution in [3.05, 3.63) is 18.2 Å². The molecule has 1 aliphatic rings. The average molecular weight is 239 g/mol. The van der Waals surface area contributed by atoms with Crippen LogP contribution in [0.15, 0.2) is 23.1 Å². The Morgan fingerprint density at radius 3 is 3.06 bits per heavy atom. The van der Waals surface area contributed by atoms with Crippen LogP contribution in [0.1, 0.15) is 12.8 Å². The summed E-state index contributed by atoms with van der Waals surface area (Å²) in [5, 5.41) is 0.534. The first-order chi connectivity index (χ1) is 7.79. The van der Waals surface area contributed by atoms with Gasteiger partial charge in [0.15, 0.2) is 0 Å². The van der Waals surface area contributed by atoms with Crippen molar-refractivity contribution in [2.75, 3.05) is 26.1 Å². The number of thioether (sulfide) groups is 1. The van der Waals surface area contributed by atoms with Gasteiger partial charge in [0.1, 0.15) is 5.75 Å². The molecule has 1 heterocycles. The van der Waals surface area contributed by atoms with Crippen molar-refractivity contribution in [1.29, 1.82) is 0 Å². The lowest BCUT2D eigenvalue weighted by Gasteiger charge is -2.22. The predicted molar refractivity (Wildman–Crippen MR) is 67.1 cm³/mol. The third-order valence-electron chi connectivity index (χ3n) is 2.60. The number of ether oxygens (including phenoxy) is 2. The summed E-state index contributed by atoms with van der Waals surface area (Å²) in [6, 6.07) is 5.80. The van der Waals surface area contributed by atoms with Gasteiger partial charge in [0, 0.05) is 28.5 Å². The van der Waals surface area contributed by atoms with Crippen LogP contribution in [0.5, 0.6) is 5.75 Å². The second-order valence-electron chi connectivity index (χ2n) is 3.87. The van der Waals surface area contributed by atoms with Crippen LogP contribution >= 0.6 is 11.8 Å². The topological polar surface area (TPSA) is 44.5 Å². The maximum Gasteiger partial charge on any atom is 0.134 e. The molecule has 16 heavy (non-hydrogen) atoms. The molecule has 0 spiro atoms. The van der Waals surface area contributed by atoms with Gasteiger partial charge in [0.25, 0.3) is 0 Å². The second-order valence-corrected chi connectivity index (χ2v) is 5.21. The van der Waals surface area contributed by atoms with E-state index in [0.717, 1.165) is 36.0 Å². The Morgan fingerprint density at radius 2 is 2.38 bits per heavy atom. The van der Waals surface area contributed by atoms with Crippen LogP contribution in [0.25, 0.3) is 0 Å². The van der Waals surface area contributed by atoms with Crippen molar-refractivity contribution in [1.82, 2.24) is 0 Å². The molecule has 1 atom stereocenters. The van der Waals surface area contributed by atoms with E-state index >= 15 is 0 Å². The van der Waals surface area contributed by atoms with Crippen LogP contribution in [-0.4, -0.2) is 25.6 Å². The van der Waals surface area contributed by atoms with E-state index < -0.39 is 0 Å². The van der Waals surface area contributed by atoms with E-state index in [1.165, 1.54) is 6.42 Å². The molecule has 0 bridgehead atoms. The highest BCUT2D eigenvalue weighted by molar-refractivity contribution is 8.00. The highest BCUT2D eigenvalue weighted by Gasteiger charge is 2.17. The van der Waals surface area contributed by atoms with Crippen LogP contribution in [0.3, 0.4) is 0 Å². The summed E-state index contributed by atoms with van der Waals surface area (Å²) < 4.78 is 10.8. The highest BCUT2D eigenvalue weighted by Crippen LogP contribution is 2.36. The molecule has 2 rings (SSSR count). The minimum atomic E-state index is 0.534. The molecule has 1 aromatic rings. The average Bonchev–Trinajstić information content (AvgIpc) is 2.33. The van der Waals surface area contributed by atoms with Gasteiger partial charge in [-0.15, -0.1) is 11.8 Å². The van der Waals surface area contributed by atoms with E-state index in [0.29, 0.717) is 5.25 Å². The normalized spacial score (nSPS) is 20.7. The Kier molecular flexibility index (Phi) is 3.96. The molecule has 0 aliphatic carbocycles. The lowest BCUT2D eigenvalue weighted by molar-refractivity contribution is 0.101. The molecular formula is C12H17NO2S. The molecule has 3 nitrogen and oxygen atoms in total. The highest BCUT2D eigenvalue weighted by atomic mass is 32.2. The van der Waals surface area contributed by atoms with Crippen molar-refractivity contribution in [2.24, 2.45) is 0 Å². The van der Waals surface area contributed by atoms with E-state index in [4.69, 9.17) is 15.2 Å². The van der Waals surface area contributed by atoms with Gasteiger partial charge in [0.05, 0.1) is 13.7 Å². The molecule has 1 aromatic carbocycles. The molecule has 1 aliphatic heterocycles. The van der Waals surface area contributed by atoms with Crippen molar-refractivity contribution >= 4 is 17.4 Å². The zero-order chi connectivity index (χ0) is 11.4. The fourth-order valence-electron chi connectivity index (χ4n) is 1.77. The van der Waals surface area contributed by atoms with E-state index in [9.17, 15) is 0 Å². The first-order valence-corrected chi connectivity index (χ1v) is 6.35. The van der Waals surface area contributed by atoms with E-state index in [-0.39, 0.29) is 0 Å². The van der Waals surface area contributed by atoms with Crippen molar-refractivity contribution < 1.29 is 9.47 Å². The summed E-state index contributed by atoms with van der Waals surface area (Å²) in [5.41, 5.74) is 6.46. The molecule has 88 valence electrons. The Balaban J connectivity index is 2.07. The maximum atomic E-state index is 5.72. The number of nitrogens with two attached hydrogens (primary N) is 1. The van der Waals surface area contributed by atoms with Crippen LogP contribution in [-0.2, 0) is 4.74 Å². The zero-order valence-corrected chi connectivity index (χ0v) is 10.3. The fourth-order valence-corrected chi connectivity index (χ4v) is 2.98. The summed E-state index contributed by atoms with van der Waals surface area (Å²) in [7, 11) is 1.68. The van der Waals surface area contributed by atoms with Gasteiger partial charge < -0.3 is 15.2 Å². The Labute approximate surface area is 100 Å². The van der Waals surface area contributed by atoms with Gasteiger partial charge in [-0.05, 0) is 25.0 Å². The number of nitrogen functional groups attached to an aromatic ring is 1. The maximum absolute atomic E-state index is 5.72. The van der Waals surface area contributed by atoms with Crippen LogP contribution in [0, 0.1) is 0 Å². The molecule has 1 saturated heterocycles. The third-order valence-corrected chi connectivity index (χ3v) is 3.90. The smallest absolute Gasteiger partial charge is 0.134 e. The van der Waals surface area contributed by atoms with Crippen LogP contribution < -0.4 is 10.5 Å². The molecule has 0 aromatic heterocycles. The zero-order valence-electron chi connectivity index (χ0n) is 9.44. The number of anilines is 1. The summed E-state index contributed by atoms with van der Waals surface area (Å²) in [6.45, 7) is 1.73. The molecule has 0 saturated carbocycles. The van der Waals surface area contributed by atoms with Gasteiger partial charge in [0.2, 0.25) is 0 Å². The lowest BCUT2D eigenvalue weighted by atomic mass is 10.2. The lowest BCUT2D eigenvalue weighted by Crippen LogP contribution is -2.19. The summed E-state index contributed by atoms with van der Waals surface area (Å²) in [6.07, 6.45) is 2.35. The monoisotopic (exact) mass is 239 g/mol. The quantitative estimate of drug-likeness (QED) is 0.823. The van der Waals surface area contributed by atoms with E-state index in [2.05, 4.69) is 0 Å².